The van der Waals surface area contributed by atoms with Gasteiger partial charge in [-0.3, -0.25) is 9.82 Å². The summed E-state index contributed by atoms with van der Waals surface area (Å²) in [7, 11) is -3.65. The van der Waals surface area contributed by atoms with Crippen molar-refractivity contribution in [1.29, 1.82) is 0 Å². The molecule has 2 N–H and O–H groups in total. The average Bonchev–Trinajstić information content (AvgIpc) is 2.75. The van der Waals surface area contributed by atoms with Gasteiger partial charge in [0.15, 0.2) is 0 Å². The number of sulfonamides is 1. The van der Waals surface area contributed by atoms with Gasteiger partial charge in [0.25, 0.3) is 10.0 Å². The predicted octanol–water partition coefficient (Wildman–Crippen LogP) is 3.04. The zero-order chi connectivity index (χ0) is 13.3. The fourth-order valence-electron chi connectivity index (χ4n) is 1.35. The molecule has 0 aliphatic carbocycles. The highest BCUT2D eigenvalue weighted by molar-refractivity contribution is 9.11. The molecule has 0 bridgehead atoms. The summed E-state index contributed by atoms with van der Waals surface area (Å²) >= 11 is 6.57. The van der Waals surface area contributed by atoms with Crippen molar-refractivity contribution in [3.8, 4) is 0 Å². The molecule has 0 fully saturated rings. The molecule has 0 saturated heterocycles. The van der Waals surface area contributed by atoms with Crippen LogP contribution in [0.1, 0.15) is 5.56 Å². The maximum atomic E-state index is 12.2. The van der Waals surface area contributed by atoms with Gasteiger partial charge in [-0.1, -0.05) is 15.9 Å². The Labute approximate surface area is 121 Å². The number of anilines is 1. The molecular formula is C10H9Br2N3O2S. The van der Waals surface area contributed by atoms with E-state index in [1.54, 1.807) is 12.1 Å². The van der Waals surface area contributed by atoms with Gasteiger partial charge in [-0.15, -0.1) is 0 Å². The number of nitrogens with zero attached hydrogens (tertiary/aromatic N) is 1. The molecule has 0 spiro atoms. The molecule has 0 aliphatic rings. The molecule has 0 radical (unpaired) electrons. The summed E-state index contributed by atoms with van der Waals surface area (Å²) in [5.74, 6) is 0.318. The number of H-pyrrole nitrogens is 1. The Kier molecular flexibility index (Phi) is 3.79. The first-order valence-corrected chi connectivity index (χ1v) is 7.95. The van der Waals surface area contributed by atoms with Crippen molar-refractivity contribution in [1.82, 2.24) is 10.2 Å². The van der Waals surface area contributed by atoms with E-state index >= 15 is 0 Å². The quantitative estimate of drug-likeness (QED) is 0.839. The third-order valence-electron chi connectivity index (χ3n) is 2.25. The maximum Gasteiger partial charge on any atom is 0.264 e. The summed E-state index contributed by atoms with van der Waals surface area (Å²) in [5.41, 5.74) is 0.947. The van der Waals surface area contributed by atoms with Crippen LogP contribution in [0, 0.1) is 6.92 Å². The Balaban J connectivity index is 2.44. The molecule has 1 aromatic carbocycles. The van der Waals surface area contributed by atoms with Gasteiger partial charge >= 0.3 is 0 Å². The molecule has 1 heterocycles. The highest BCUT2D eigenvalue weighted by Crippen LogP contribution is 2.29. The van der Waals surface area contributed by atoms with Crippen LogP contribution in [0.3, 0.4) is 0 Å². The van der Waals surface area contributed by atoms with Gasteiger partial charge in [-0.2, -0.15) is 5.10 Å². The van der Waals surface area contributed by atoms with Crippen LogP contribution in [0.2, 0.25) is 0 Å². The van der Waals surface area contributed by atoms with E-state index in [-0.39, 0.29) is 4.90 Å². The fraction of sp³-hybridized carbons (Fsp3) is 0.100. The molecule has 0 amide bonds. The fourth-order valence-corrected chi connectivity index (χ4v) is 4.04. The van der Waals surface area contributed by atoms with Gasteiger partial charge in [0.2, 0.25) is 0 Å². The minimum Gasteiger partial charge on any atom is -0.264 e. The number of rotatable bonds is 3. The largest absolute Gasteiger partial charge is 0.264 e. The molecule has 2 rings (SSSR count). The molecule has 18 heavy (non-hydrogen) atoms. The lowest BCUT2D eigenvalue weighted by molar-refractivity contribution is 0.600. The van der Waals surface area contributed by atoms with Crippen LogP contribution in [-0.2, 0) is 10.0 Å². The smallest absolute Gasteiger partial charge is 0.264 e. The zero-order valence-electron chi connectivity index (χ0n) is 9.24. The summed E-state index contributed by atoms with van der Waals surface area (Å²) in [6.45, 7) is 1.88. The van der Waals surface area contributed by atoms with E-state index in [2.05, 4.69) is 46.8 Å². The SMILES string of the molecule is Cc1cc(Br)c(S(=O)(=O)Nc2ccn[nH]2)cc1Br. The molecule has 5 nitrogen and oxygen atoms in total. The number of hydrogen-bond donors (Lipinski definition) is 2. The van der Waals surface area contributed by atoms with Crippen molar-refractivity contribution >= 4 is 47.7 Å². The minimum atomic E-state index is -3.65. The molecule has 0 unspecified atom stereocenters. The second kappa shape index (κ2) is 5.02. The minimum absolute atomic E-state index is 0.162. The number of benzene rings is 1. The topological polar surface area (TPSA) is 74.8 Å². The second-order valence-electron chi connectivity index (χ2n) is 3.61. The highest BCUT2D eigenvalue weighted by atomic mass is 79.9. The number of aromatic amines is 1. The predicted molar refractivity (Wildman–Crippen MR) is 76.0 cm³/mol. The van der Waals surface area contributed by atoms with E-state index in [9.17, 15) is 8.42 Å². The van der Waals surface area contributed by atoms with Crippen LogP contribution in [-0.4, -0.2) is 18.6 Å². The van der Waals surface area contributed by atoms with Crippen molar-refractivity contribution in [3.05, 3.63) is 38.9 Å². The maximum absolute atomic E-state index is 12.2. The van der Waals surface area contributed by atoms with E-state index < -0.39 is 10.0 Å². The molecule has 0 aliphatic heterocycles. The second-order valence-corrected chi connectivity index (χ2v) is 6.97. The number of aromatic nitrogens is 2. The lowest BCUT2D eigenvalue weighted by atomic mass is 10.2. The molecular weight excluding hydrogens is 386 g/mol. The first-order chi connectivity index (χ1) is 8.40. The summed E-state index contributed by atoms with van der Waals surface area (Å²) in [4.78, 5) is 0.162. The third-order valence-corrected chi connectivity index (χ3v) is 5.43. The Morgan fingerprint density at radius 3 is 2.61 bits per heavy atom. The van der Waals surface area contributed by atoms with Gasteiger partial charge in [0, 0.05) is 15.0 Å². The van der Waals surface area contributed by atoms with Crippen LogP contribution in [0.5, 0.6) is 0 Å². The van der Waals surface area contributed by atoms with Gasteiger partial charge in [-0.05, 0) is 40.5 Å². The van der Waals surface area contributed by atoms with Crippen LogP contribution in [0.4, 0.5) is 5.82 Å². The first kappa shape index (κ1) is 13.6. The summed E-state index contributed by atoms with van der Waals surface area (Å²) in [6.07, 6.45) is 1.47. The third kappa shape index (κ3) is 2.76. The Morgan fingerprint density at radius 2 is 2.00 bits per heavy atom. The van der Waals surface area contributed by atoms with Gasteiger partial charge in [-0.25, -0.2) is 8.42 Å². The molecule has 96 valence electrons. The van der Waals surface area contributed by atoms with Crippen molar-refractivity contribution in [2.45, 2.75) is 11.8 Å². The number of nitrogens with one attached hydrogen (secondary N) is 2. The average molecular weight is 395 g/mol. The first-order valence-electron chi connectivity index (χ1n) is 4.88. The van der Waals surface area contributed by atoms with Crippen LogP contribution >= 0.6 is 31.9 Å². The normalized spacial score (nSPS) is 11.5. The number of aryl methyl sites for hydroxylation is 1. The van der Waals surface area contributed by atoms with Crippen LogP contribution in [0.15, 0.2) is 38.2 Å². The number of hydrogen-bond acceptors (Lipinski definition) is 3. The van der Waals surface area contributed by atoms with E-state index in [0.29, 0.717) is 10.3 Å². The number of halogens is 2. The monoisotopic (exact) mass is 393 g/mol. The summed E-state index contributed by atoms with van der Waals surface area (Å²) < 4.78 is 28.0. The summed E-state index contributed by atoms with van der Waals surface area (Å²) in [5, 5.41) is 6.22. The van der Waals surface area contributed by atoms with E-state index in [4.69, 9.17) is 0 Å². The zero-order valence-corrected chi connectivity index (χ0v) is 13.2. The van der Waals surface area contributed by atoms with Crippen molar-refractivity contribution in [3.63, 3.8) is 0 Å². The summed E-state index contributed by atoms with van der Waals surface area (Å²) in [6, 6.07) is 4.83. The van der Waals surface area contributed by atoms with Crippen LogP contribution in [0.25, 0.3) is 0 Å². The van der Waals surface area contributed by atoms with Crippen molar-refractivity contribution in [2.24, 2.45) is 0 Å². The lowest BCUT2D eigenvalue weighted by Crippen LogP contribution is -2.14. The molecule has 2 aromatic rings. The van der Waals surface area contributed by atoms with Gasteiger partial charge < -0.3 is 0 Å². The van der Waals surface area contributed by atoms with E-state index in [0.717, 1.165) is 10.0 Å². The van der Waals surface area contributed by atoms with Crippen molar-refractivity contribution < 1.29 is 8.42 Å². The molecule has 0 atom stereocenters. The Morgan fingerprint density at radius 1 is 1.28 bits per heavy atom. The van der Waals surface area contributed by atoms with Gasteiger partial charge in [0.05, 0.1) is 6.20 Å². The Hall–Kier alpha value is -0.860. The molecule has 1 aromatic heterocycles. The van der Waals surface area contributed by atoms with E-state index in [1.807, 2.05) is 6.92 Å². The standard InChI is InChI=1S/C10H9Br2N3O2S/c1-6-4-8(12)9(5-7(6)11)18(16,17)15-10-2-3-13-14-10/h2-5H,1H3,(H2,13,14,15). The van der Waals surface area contributed by atoms with Crippen LogP contribution < -0.4 is 4.72 Å². The molecule has 8 heteroatoms. The lowest BCUT2D eigenvalue weighted by Gasteiger charge is -2.09. The molecule has 0 saturated carbocycles. The van der Waals surface area contributed by atoms with Crippen molar-refractivity contribution in [2.75, 3.05) is 4.72 Å². The van der Waals surface area contributed by atoms with Gasteiger partial charge in [0.1, 0.15) is 10.7 Å². The Bertz CT molecular complexity index is 669. The van der Waals surface area contributed by atoms with E-state index in [1.165, 1.54) is 12.3 Å². The highest BCUT2D eigenvalue weighted by Gasteiger charge is 2.19.